The molecule has 0 aliphatic carbocycles. The molecule has 0 N–H and O–H groups in total. The Morgan fingerprint density at radius 1 is 0.955 bits per heavy atom. The van der Waals surface area contributed by atoms with Gasteiger partial charge in [-0.3, -0.25) is 0 Å². The van der Waals surface area contributed by atoms with E-state index in [2.05, 4.69) is 66.4 Å². The van der Waals surface area contributed by atoms with Crippen LogP contribution in [0.15, 0.2) is 30.6 Å². The van der Waals surface area contributed by atoms with Gasteiger partial charge in [0.25, 0.3) is 0 Å². The van der Waals surface area contributed by atoms with Crippen molar-refractivity contribution >= 4 is 11.0 Å². The minimum atomic E-state index is 0.774. The minimum absolute atomic E-state index is 0.774. The van der Waals surface area contributed by atoms with Gasteiger partial charge in [0.2, 0.25) is 0 Å². The lowest BCUT2D eigenvalue weighted by molar-refractivity contribution is 0.236. The van der Waals surface area contributed by atoms with Crippen LogP contribution in [-0.2, 0) is 6.54 Å². The molecular formula is C19H31N3. The van der Waals surface area contributed by atoms with Gasteiger partial charge in [0, 0.05) is 13.1 Å². The third-order valence-corrected chi connectivity index (χ3v) is 4.23. The monoisotopic (exact) mass is 301 g/mol. The first kappa shape index (κ1) is 17.0. The van der Waals surface area contributed by atoms with Gasteiger partial charge < -0.3 is 9.47 Å². The van der Waals surface area contributed by atoms with Crippen LogP contribution < -0.4 is 0 Å². The van der Waals surface area contributed by atoms with Crippen LogP contribution in [0, 0.1) is 11.8 Å². The molecule has 0 atom stereocenters. The second-order valence-electron chi connectivity index (χ2n) is 7.13. The largest absolute Gasteiger partial charge is 0.329 e. The lowest BCUT2D eigenvalue weighted by Gasteiger charge is -2.24. The van der Waals surface area contributed by atoms with Crippen LogP contribution in [-0.4, -0.2) is 34.1 Å². The molecule has 3 heteroatoms. The molecule has 0 radical (unpaired) electrons. The molecule has 0 amide bonds. The van der Waals surface area contributed by atoms with Crippen LogP contribution >= 0.6 is 0 Å². The number of nitrogens with zero attached hydrogens (tertiary/aromatic N) is 3. The summed E-state index contributed by atoms with van der Waals surface area (Å²) in [7, 11) is 0. The molecule has 3 nitrogen and oxygen atoms in total. The van der Waals surface area contributed by atoms with Gasteiger partial charge in [-0.15, -0.1) is 0 Å². The number of benzene rings is 1. The Bertz CT molecular complexity index is 545. The third kappa shape index (κ3) is 5.13. The van der Waals surface area contributed by atoms with E-state index in [4.69, 9.17) is 0 Å². The summed E-state index contributed by atoms with van der Waals surface area (Å²) >= 11 is 0. The topological polar surface area (TPSA) is 21.1 Å². The molecule has 2 aromatic rings. The van der Waals surface area contributed by atoms with Gasteiger partial charge in [-0.05, 0) is 49.9 Å². The number of para-hydroxylation sites is 2. The first-order valence-corrected chi connectivity index (χ1v) is 8.68. The van der Waals surface area contributed by atoms with Gasteiger partial charge in [-0.25, -0.2) is 4.98 Å². The molecule has 0 bridgehead atoms. The summed E-state index contributed by atoms with van der Waals surface area (Å²) in [6, 6.07) is 8.39. The molecule has 1 aromatic carbocycles. The van der Waals surface area contributed by atoms with Crippen molar-refractivity contribution in [2.24, 2.45) is 11.8 Å². The SMILES string of the molecule is CC(C)CCN(CCC(C)C)CCn1cnc2ccccc21. The van der Waals surface area contributed by atoms with Crippen molar-refractivity contribution in [2.45, 2.75) is 47.1 Å². The highest BCUT2D eigenvalue weighted by Crippen LogP contribution is 2.12. The molecule has 122 valence electrons. The van der Waals surface area contributed by atoms with Gasteiger partial charge >= 0.3 is 0 Å². The Morgan fingerprint density at radius 2 is 1.59 bits per heavy atom. The number of imidazole rings is 1. The third-order valence-electron chi connectivity index (χ3n) is 4.23. The van der Waals surface area contributed by atoms with E-state index in [1.54, 1.807) is 0 Å². The average molecular weight is 301 g/mol. The van der Waals surface area contributed by atoms with E-state index in [1.807, 2.05) is 6.33 Å². The Morgan fingerprint density at radius 3 is 2.23 bits per heavy atom. The van der Waals surface area contributed by atoms with Crippen molar-refractivity contribution in [3.63, 3.8) is 0 Å². The molecule has 1 heterocycles. The lowest BCUT2D eigenvalue weighted by Crippen LogP contribution is -2.31. The Balaban J connectivity index is 1.94. The second kappa shape index (κ2) is 8.33. The first-order chi connectivity index (χ1) is 10.6. The maximum absolute atomic E-state index is 4.49. The average Bonchev–Trinajstić information content (AvgIpc) is 2.89. The second-order valence-corrected chi connectivity index (χ2v) is 7.13. The van der Waals surface area contributed by atoms with Crippen LogP contribution in [0.5, 0.6) is 0 Å². The van der Waals surface area contributed by atoms with E-state index in [1.165, 1.54) is 31.4 Å². The van der Waals surface area contributed by atoms with Gasteiger partial charge in [0.05, 0.1) is 17.4 Å². The van der Waals surface area contributed by atoms with Crippen LogP contribution in [0.3, 0.4) is 0 Å². The van der Waals surface area contributed by atoms with Crippen LogP contribution in [0.4, 0.5) is 0 Å². The summed E-state index contributed by atoms with van der Waals surface area (Å²) in [6.45, 7) is 13.8. The van der Waals surface area contributed by atoms with Crippen LogP contribution in [0.25, 0.3) is 11.0 Å². The fourth-order valence-electron chi connectivity index (χ4n) is 2.65. The molecule has 2 rings (SSSR count). The predicted molar refractivity (Wildman–Crippen MR) is 95.1 cm³/mol. The molecule has 0 aliphatic heterocycles. The van der Waals surface area contributed by atoms with E-state index in [-0.39, 0.29) is 0 Å². The summed E-state index contributed by atoms with van der Waals surface area (Å²) in [4.78, 5) is 7.11. The van der Waals surface area contributed by atoms with Gasteiger partial charge in [-0.1, -0.05) is 39.8 Å². The molecule has 0 saturated carbocycles. The standard InChI is InChI=1S/C19H31N3/c1-16(2)9-11-21(12-10-17(3)4)13-14-22-15-20-18-7-5-6-8-19(18)22/h5-8,15-17H,9-14H2,1-4H3. The molecule has 0 saturated heterocycles. The highest BCUT2D eigenvalue weighted by molar-refractivity contribution is 5.74. The highest BCUT2D eigenvalue weighted by atomic mass is 15.2. The summed E-state index contributed by atoms with van der Waals surface area (Å²) in [5, 5.41) is 0. The molecular weight excluding hydrogens is 270 g/mol. The smallest absolute Gasteiger partial charge is 0.0958 e. The quantitative estimate of drug-likeness (QED) is 0.683. The van der Waals surface area contributed by atoms with Crippen molar-refractivity contribution in [1.29, 1.82) is 0 Å². The number of rotatable bonds is 9. The van der Waals surface area contributed by atoms with Gasteiger partial charge in [-0.2, -0.15) is 0 Å². The summed E-state index contributed by atoms with van der Waals surface area (Å²) in [5.74, 6) is 1.55. The summed E-state index contributed by atoms with van der Waals surface area (Å²) < 4.78 is 2.28. The van der Waals surface area contributed by atoms with Crippen molar-refractivity contribution in [3.8, 4) is 0 Å². The summed E-state index contributed by atoms with van der Waals surface area (Å²) in [5.41, 5.74) is 2.34. The molecule has 0 unspecified atom stereocenters. The highest BCUT2D eigenvalue weighted by Gasteiger charge is 2.09. The fourth-order valence-corrected chi connectivity index (χ4v) is 2.65. The zero-order valence-corrected chi connectivity index (χ0v) is 14.6. The Kier molecular flexibility index (Phi) is 6.44. The van der Waals surface area contributed by atoms with E-state index in [0.29, 0.717) is 0 Å². The van der Waals surface area contributed by atoms with Crippen molar-refractivity contribution in [1.82, 2.24) is 14.5 Å². The van der Waals surface area contributed by atoms with Crippen molar-refractivity contribution < 1.29 is 0 Å². The van der Waals surface area contributed by atoms with Crippen LogP contribution in [0.1, 0.15) is 40.5 Å². The zero-order valence-electron chi connectivity index (χ0n) is 14.6. The number of hydrogen-bond donors (Lipinski definition) is 0. The number of aromatic nitrogens is 2. The Labute approximate surface area is 135 Å². The summed E-state index contributed by atoms with van der Waals surface area (Å²) in [6.07, 6.45) is 4.54. The van der Waals surface area contributed by atoms with Crippen LogP contribution in [0.2, 0.25) is 0 Å². The van der Waals surface area contributed by atoms with E-state index in [9.17, 15) is 0 Å². The predicted octanol–water partition coefficient (Wildman–Crippen LogP) is 4.43. The van der Waals surface area contributed by atoms with Crippen molar-refractivity contribution in [2.75, 3.05) is 19.6 Å². The maximum atomic E-state index is 4.49. The normalized spacial score (nSPS) is 12.1. The Hall–Kier alpha value is -1.35. The minimum Gasteiger partial charge on any atom is -0.329 e. The number of fused-ring (bicyclic) bond motifs is 1. The van der Waals surface area contributed by atoms with E-state index >= 15 is 0 Å². The van der Waals surface area contributed by atoms with Gasteiger partial charge in [0.1, 0.15) is 0 Å². The van der Waals surface area contributed by atoms with Crippen molar-refractivity contribution in [3.05, 3.63) is 30.6 Å². The molecule has 0 aliphatic rings. The van der Waals surface area contributed by atoms with Gasteiger partial charge in [0.15, 0.2) is 0 Å². The van der Waals surface area contributed by atoms with E-state index in [0.717, 1.165) is 30.4 Å². The molecule has 22 heavy (non-hydrogen) atoms. The first-order valence-electron chi connectivity index (χ1n) is 8.68. The maximum Gasteiger partial charge on any atom is 0.0958 e. The molecule has 1 aromatic heterocycles. The van der Waals surface area contributed by atoms with E-state index < -0.39 is 0 Å². The zero-order chi connectivity index (χ0) is 15.9. The number of hydrogen-bond acceptors (Lipinski definition) is 2. The fraction of sp³-hybridized carbons (Fsp3) is 0.632. The lowest BCUT2D eigenvalue weighted by atomic mass is 10.1. The molecule has 0 spiro atoms. The molecule has 0 fully saturated rings.